The molecular weight excluding hydrogens is 474 g/mol. The van der Waals surface area contributed by atoms with Crippen molar-refractivity contribution in [2.24, 2.45) is 0 Å². The van der Waals surface area contributed by atoms with Gasteiger partial charge in [0.2, 0.25) is 6.41 Å². The largest absolute Gasteiger partial charge is 0.416 e. The van der Waals surface area contributed by atoms with Crippen LogP contribution < -0.4 is 10.6 Å². The Bertz CT molecular complexity index is 810. The van der Waals surface area contributed by atoms with Crippen molar-refractivity contribution < 1.29 is 35.9 Å². The molecule has 0 spiro atoms. The summed E-state index contributed by atoms with van der Waals surface area (Å²) in [6, 6.07) is 12.7. The topological polar surface area (TPSA) is 50.4 Å². The molecule has 0 radical (unpaired) electrons. The molecule has 0 aliphatic rings. The molecule has 1 amide bonds. The third-order valence-corrected chi connectivity index (χ3v) is 4.86. The van der Waals surface area contributed by atoms with Gasteiger partial charge < -0.3 is 15.4 Å². The van der Waals surface area contributed by atoms with E-state index in [0.717, 1.165) is 13.0 Å². The van der Waals surface area contributed by atoms with Crippen molar-refractivity contribution >= 4 is 6.41 Å². The van der Waals surface area contributed by atoms with E-state index in [4.69, 9.17) is 9.53 Å². The highest BCUT2D eigenvalue weighted by molar-refractivity contribution is 5.44. The highest BCUT2D eigenvalue weighted by atomic mass is 19.4. The summed E-state index contributed by atoms with van der Waals surface area (Å²) in [7, 11) is 2.77. The number of likely N-dealkylation sites (N-methyl/N-ethyl adjacent to an activating group) is 1. The lowest BCUT2D eigenvalue weighted by Crippen LogP contribution is -2.30. The molecule has 2 aromatic carbocycles. The van der Waals surface area contributed by atoms with Gasteiger partial charge in [-0.1, -0.05) is 44.2 Å². The number of rotatable bonds is 8. The van der Waals surface area contributed by atoms with Crippen LogP contribution in [0.5, 0.6) is 0 Å². The van der Waals surface area contributed by atoms with Crippen molar-refractivity contribution in [2.45, 2.75) is 58.1 Å². The second-order valence-electron chi connectivity index (χ2n) is 7.48. The average Bonchev–Trinajstić information content (AvgIpc) is 2.83. The lowest BCUT2D eigenvalue weighted by atomic mass is 10.0. The molecule has 0 saturated carbocycles. The Morgan fingerprint density at radius 1 is 0.943 bits per heavy atom. The van der Waals surface area contributed by atoms with Crippen LogP contribution in [0.15, 0.2) is 48.5 Å². The van der Waals surface area contributed by atoms with Gasteiger partial charge in [0.25, 0.3) is 0 Å². The van der Waals surface area contributed by atoms with Gasteiger partial charge >= 0.3 is 12.4 Å². The first-order valence-electron chi connectivity index (χ1n) is 11.0. The Morgan fingerprint density at radius 2 is 1.43 bits per heavy atom. The van der Waals surface area contributed by atoms with Crippen molar-refractivity contribution in [2.75, 3.05) is 20.7 Å². The molecule has 0 bridgehead atoms. The molecule has 0 heterocycles. The van der Waals surface area contributed by atoms with E-state index in [1.807, 2.05) is 0 Å². The van der Waals surface area contributed by atoms with Crippen molar-refractivity contribution in [3.63, 3.8) is 0 Å². The Morgan fingerprint density at radius 3 is 1.77 bits per heavy atom. The fraction of sp³-hybridized carbons (Fsp3) is 0.480. The molecule has 2 rings (SSSR count). The second kappa shape index (κ2) is 16.1. The summed E-state index contributed by atoms with van der Waals surface area (Å²) in [6.45, 7) is 6.82. The van der Waals surface area contributed by atoms with E-state index in [1.165, 1.54) is 26.0 Å². The molecule has 0 fully saturated rings. The second-order valence-corrected chi connectivity index (χ2v) is 7.48. The molecule has 2 unspecified atom stereocenters. The molecule has 2 atom stereocenters. The first kappa shape index (κ1) is 32.4. The van der Waals surface area contributed by atoms with Gasteiger partial charge in [0.1, 0.15) is 0 Å². The van der Waals surface area contributed by atoms with E-state index >= 15 is 0 Å². The molecule has 2 aromatic rings. The van der Waals surface area contributed by atoms with Crippen LogP contribution in [-0.4, -0.2) is 33.2 Å². The zero-order chi connectivity index (χ0) is 27.1. The summed E-state index contributed by atoms with van der Waals surface area (Å²) >= 11 is 0. The van der Waals surface area contributed by atoms with Crippen LogP contribution in [0, 0.1) is 0 Å². The van der Waals surface area contributed by atoms with Crippen LogP contribution in [-0.2, 0) is 28.3 Å². The van der Waals surface area contributed by atoms with Gasteiger partial charge in [-0.2, -0.15) is 26.3 Å². The zero-order valence-electron chi connectivity index (χ0n) is 20.6. The third-order valence-electron chi connectivity index (χ3n) is 4.86. The number of carbonyl (C=O) groups is 1. The number of nitrogens with one attached hydrogen (secondary N) is 2. The van der Waals surface area contributed by atoms with Crippen LogP contribution in [0.4, 0.5) is 26.3 Å². The molecule has 0 aliphatic heterocycles. The number of carbonyl (C=O) groups excluding carboxylic acids is 1. The van der Waals surface area contributed by atoms with Crippen molar-refractivity contribution in [1.29, 1.82) is 0 Å². The maximum Gasteiger partial charge on any atom is 0.416 e. The summed E-state index contributed by atoms with van der Waals surface area (Å²) in [5.74, 6) is 0. The smallest absolute Gasteiger partial charge is 0.377 e. The maximum absolute atomic E-state index is 12.5. The number of ether oxygens (including phenoxy) is 1. The van der Waals surface area contributed by atoms with Crippen LogP contribution >= 0.6 is 0 Å². The predicted molar refractivity (Wildman–Crippen MR) is 125 cm³/mol. The number of halogens is 6. The zero-order valence-corrected chi connectivity index (χ0v) is 20.6. The molecular formula is C25H34F6N2O2. The first-order chi connectivity index (χ1) is 16.3. The third kappa shape index (κ3) is 13.2. The number of hydrogen-bond donors (Lipinski definition) is 2. The maximum atomic E-state index is 12.5. The van der Waals surface area contributed by atoms with Gasteiger partial charge in [0.05, 0.1) is 17.2 Å². The molecule has 35 heavy (non-hydrogen) atoms. The van der Waals surface area contributed by atoms with Gasteiger partial charge in [-0.05, 0) is 55.6 Å². The number of hydrogen-bond acceptors (Lipinski definition) is 3. The lowest BCUT2D eigenvalue weighted by molar-refractivity contribution is -0.143. The normalized spacial score (nSPS) is 12.9. The van der Waals surface area contributed by atoms with E-state index in [1.54, 1.807) is 7.05 Å². The van der Waals surface area contributed by atoms with Gasteiger partial charge in [-0.25, -0.2) is 0 Å². The van der Waals surface area contributed by atoms with Crippen LogP contribution in [0.25, 0.3) is 0 Å². The number of amides is 1. The Balaban J connectivity index is 0.000000594. The van der Waals surface area contributed by atoms with Crippen molar-refractivity contribution in [3.8, 4) is 0 Å². The molecule has 198 valence electrons. The minimum Gasteiger partial charge on any atom is -0.377 e. The Labute approximate surface area is 203 Å². The standard InChI is InChI=1S/C12H19N.C11H10F6O.C2H5NO/c1-3-12(13-4-2)10-11-8-6-5-7-9-11;1-6(18-2)7-3-8(10(12,13)14)5-9(4-7)11(15,16)17;1-3-2-4/h5-9,12-13H,3-4,10H2,1-2H3;3-6H,1-2H3;2H,1H3,(H,3,4). The number of methoxy groups -OCH3 is 1. The summed E-state index contributed by atoms with van der Waals surface area (Å²) in [6.07, 6.45) is -7.55. The molecule has 4 nitrogen and oxygen atoms in total. The lowest BCUT2D eigenvalue weighted by Gasteiger charge is -2.17. The number of alkyl halides is 6. The monoisotopic (exact) mass is 508 g/mol. The van der Waals surface area contributed by atoms with Crippen molar-refractivity contribution in [1.82, 2.24) is 10.6 Å². The molecule has 0 saturated heterocycles. The highest BCUT2D eigenvalue weighted by Crippen LogP contribution is 2.37. The Kier molecular flexibility index (Phi) is 15.0. The Hall–Kier alpha value is -2.59. The van der Waals surface area contributed by atoms with Crippen LogP contribution in [0.2, 0.25) is 0 Å². The van der Waals surface area contributed by atoms with E-state index in [9.17, 15) is 26.3 Å². The minimum absolute atomic E-state index is 0.0892. The molecule has 0 aromatic heterocycles. The average molecular weight is 509 g/mol. The molecule has 2 N–H and O–H groups in total. The van der Waals surface area contributed by atoms with E-state index in [0.29, 0.717) is 24.6 Å². The summed E-state index contributed by atoms with van der Waals surface area (Å²) in [5, 5.41) is 5.73. The fourth-order valence-electron chi connectivity index (χ4n) is 2.90. The van der Waals surface area contributed by atoms with Gasteiger partial charge in [-0.3, -0.25) is 4.79 Å². The van der Waals surface area contributed by atoms with Gasteiger partial charge in [0, 0.05) is 20.2 Å². The van der Waals surface area contributed by atoms with E-state index < -0.39 is 29.6 Å². The summed E-state index contributed by atoms with van der Waals surface area (Å²) < 4.78 is 79.7. The first-order valence-corrected chi connectivity index (χ1v) is 11.0. The highest BCUT2D eigenvalue weighted by Gasteiger charge is 2.37. The molecule has 10 heteroatoms. The molecule has 0 aliphatic carbocycles. The van der Waals surface area contributed by atoms with E-state index in [-0.39, 0.29) is 11.6 Å². The summed E-state index contributed by atoms with van der Waals surface area (Å²) in [5.41, 5.74) is -1.41. The number of benzene rings is 2. The van der Waals surface area contributed by atoms with E-state index in [2.05, 4.69) is 54.8 Å². The minimum atomic E-state index is -4.83. The fourth-order valence-corrected chi connectivity index (χ4v) is 2.90. The predicted octanol–water partition coefficient (Wildman–Crippen LogP) is 6.41. The van der Waals surface area contributed by atoms with Gasteiger partial charge in [-0.15, -0.1) is 0 Å². The van der Waals surface area contributed by atoms with Crippen LogP contribution in [0.1, 0.15) is 55.5 Å². The SMILES string of the molecule is CCNC(CC)Cc1ccccc1.CNC=O.COC(C)c1cc(C(F)(F)F)cc(C(F)(F)F)c1. The van der Waals surface area contributed by atoms with Gasteiger partial charge in [0.15, 0.2) is 0 Å². The van der Waals surface area contributed by atoms with Crippen molar-refractivity contribution in [3.05, 3.63) is 70.8 Å². The summed E-state index contributed by atoms with van der Waals surface area (Å²) in [4.78, 5) is 9.06. The quantitative estimate of drug-likeness (QED) is 0.320. The van der Waals surface area contributed by atoms with Crippen LogP contribution in [0.3, 0.4) is 0 Å².